The van der Waals surface area contributed by atoms with Crippen molar-refractivity contribution in [2.45, 2.75) is 33.3 Å². The largest absolute Gasteiger partial charge is 0.435 e. The summed E-state index contributed by atoms with van der Waals surface area (Å²) >= 11 is 0. The first-order valence-electron chi connectivity index (χ1n) is 8.75. The van der Waals surface area contributed by atoms with E-state index < -0.39 is 6.61 Å². The summed E-state index contributed by atoms with van der Waals surface area (Å²) in [6.45, 7) is 0.597. The number of ether oxygens (including phenoxy) is 1. The highest BCUT2D eigenvalue weighted by molar-refractivity contribution is 5.92. The van der Waals surface area contributed by atoms with Gasteiger partial charge in [-0.1, -0.05) is 35.5 Å². The van der Waals surface area contributed by atoms with Crippen molar-refractivity contribution in [3.8, 4) is 5.75 Å². The number of anilines is 1. The second-order valence-electron chi connectivity index (χ2n) is 6.39. The number of aryl methyl sites for hydroxylation is 2. The van der Waals surface area contributed by atoms with Crippen molar-refractivity contribution in [1.29, 1.82) is 0 Å². The molecule has 0 unspecified atom stereocenters. The molecule has 0 spiro atoms. The highest BCUT2D eigenvalue weighted by Crippen LogP contribution is 2.27. The lowest BCUT2D eigenvalue weighted by molar-refractivity contribution is -0.115. The highest BCUT2D eigenvalue weighted by atomic mass is 19.3. The van der Waals surface area contributed by atoms with Crippen molar-refractivity contribution in [1.82, 2.24) is 5.16 Å². The van der Waals surface area contributed by atoms with E-state index in [1.54, 1.807) is 19.9 Å². The monoisotopic (exact) mass is 386 g/mol. The Morgan fingerprint density at radius 2 is 1.93 bits per heavy atom. The van der Waals surface area contributed by atoms with Gasteiger partial charge in [-0.3, -0.25) is 4.79 Å². The maximum atomic E-state index is 12.7. The summed E-state index contributed by atoms with van der Waals surface area (Å²) in [4.78, 5) is 12.4. The van der Waals surface area contributed by atoms with E-state index in [-0.39, 0.29) is 18.1 Å². The van der Waals surface area contributed by atoms with E-state index in [0.29, 0.717) is 29.1 Å². The van der Waals surface area contributed by atoms with Crippen LogP contribution in [0.5, 0.6) is 5.75 Å². The van der Waals surface area contributed by atoms with Crippen LogP contribution in [0.15, 0.2) is 53.1 Å². The van der Waals surface area contributed by atoms with E-state index in [0.717, 1.165) is 11.1 Å². The molecule has 0 bridgehead atoms. The molecule has 1 aromatic heterocycles. The number of aromatic nitrogens is 1. The van der Waals surface area contributed by atoms with Crippen LogP contribution >= 0.6 is 0 Å². The molecule has 28 heavy (non-hydrogen) atoms. The molecule has 146 valence electrons. The van der Waals surface area contributed by atoms with E-state index in [2.05, 4.69) is 15.2 Å². The van der Waals surface area contributed by atoms with Crippen LogP contribution in [-0.4, -0.2) is 17.7 Å². The van der Waals surface area contributed by atoms with Gasteiger partial charge in [0, 0.05) is 23.2 Å². The zero-order valence-corrected chi connectivity index (χ0v) is 15.5. The molecule has 0 aliphatic heterocycles. The average molecular weight is 386 g/mol. The summed E-state index contributed by atoms with van der Waals surface area (Å²) in [6.07, 6.45) is 0.515. The summed E-state index contributed by atoms with van der Waals surface area (Å²) in [5.41, 5.74) is 3.41. The number of hydrogen-bond acceptors (Lipinski definition) is 4. The van der Waals surface area contributed by atoms with Gasteiger partial charge in [0.15, 0.2) is 0 Å². The number of alkyl halides is 2. The van der Waals surface area contributed by atoms with Crippen LogP contribution in [-0.2, 0) is 17.6 Å². The molecule has 0 fully saturated rings. The van der Waals surface area contributed by atoms with Crippen LogP contribution in [0.2, 0.25) is 0 Å². The van der Waals surface area contributed by atoms with Crippen LogP contribution in [0.3, 0.4) is 0 Å². The number of rotatable bonds is 7. The Bertz CT molecular complexity index is 936. The molecular formula is C21H20F2N2O3. The van der Waals surface area contributed by atoms with Crippen LogP contribution < -0.4 is 10.1 Å². The molecule has 5 nitrogen and oxygen atoms in total. The Morgan fingerprint density at radius 3 is 2.57 bits per heavy atom. The number of nitrogens with zero attached hydrogens (tertiary/aromatic N) is 1. The topological polar surface area (TPSA) is 64.4 Å². The van der Waals surface area contributed by atoms with E-state index >= 15 is 0 Å². The fourth-order valence-corrected chi connectivity index (χ4v) is 2.94. The number of amides is 1. The van der Waals surface area contributed by atoms with E-state index in [1.165, 1.54) is 12.1 Å². The lowest BCUT2D eigenvalue weighted by Gasteiger charge is -2.13. The molecule has 3 aromatic rings. The number of nitrogens with one attached hydrogen (secondary N) is 1. The van der Waals surface area contributed by atoms with Crippen molar-refractivity contribution in [3.05, 3.63) is 76.7 Å². The van der Waals surface area contributed by atoms with E-state index in [9.17, 15) is 13.6 Å². The molecule has 1 N–H and O–H groups in total. The van der Waals surface area contributed by atoms with E-state index in [1.807, 2.05) is 30.3 Å². The second kappa shape index (κ2) is 8.65. The SMILES string of the molecule is Cc1noc(C)c1CC(=O)Nc1ccc(OC(F)F)c(Cc2ccccc2)c1. The minimum absolute atomic E-state index is 0.0857. The van der Waals surface area contributed by atoms with Gasteiger partial charge >= 0.3 is 6.61 Å². The molecule has 7 heteroatoms. The molecule has 0 atom stereocenters. The zero-order valence-electron chi connectivity index (χ0n) is 15.5. The third-order valence-corrected chi connectivity index (χ3v) is 4.32. The Hall–Kier alpha value is -3.22. The second-order valence-corrected chi connectivity index (χ2v) is 6.39. The van der Waals surface area contributed by atoms with Crippen molar-refractivity contribution >= 4 is 11.6 Å². The standard InChI is InChI=1S/C21H20F2N2O3/c1-13-18(14(2)28-25-13)12-20(26)24-17-8-9-19(27-21(22)23)16(11-17)10-15-6-4-3-5-7-15/h3-9,11,21H,10,12H2,1-2H3,(H,24,26). The molecule has 0 saturated carbocycles. The quantitative estimate of drug-likeness (QED) is 0.641. The predicted molar refractivity (Wildman–Crippen MR) is 101 cm³/mol. The van der Waals surface area contributed by atoms with Gasteiger partial charge in [0.05, 0.1) is 12.1 Å². The summed E-state index contributed by atoms with van der Waals surface area (Å²) in [5, 5.41) is 6.62. The third kappa shape index (κ3) is 4.94. The first-order valence-corrected chi connectivity index (χ1v) is 8.75. The minimum Gasteiger partial charge on any atom is -0.435 e. The Labute approximate surface area is 161 Å². The summed E-state index contributed by atoms with van der Waals surface area (Å²) in [5.74, 6) is 0.434. The Kier molecular flexibility index (Phi) is 6.03. The number of benzene rings is 2. The molecule has 0 aliphatic carbocycles. The minimum atomic E-state index is -2.92. The summed E-state index contributed by atoms with van der Waals surface area (Å²) in [6, 6.07) is 14.1. The number of carbonyl (C=O) groups is 1. The number of carbonyl (C=O) groups excluding carboxylic acids is 1. The molecule has 0 radical (unpaired) electrons. The fraction of sp³-hybridized carbons (Fsp3) is 0.238. The van der Waals surface area contributed by atoms with Crippen LogP contribution in [0.25, 0.3) is 0 Å². The lowest BCUT2D eigenvalue weighted by Crippen LogP contribution is -2.15. The van der Waals surface area contributed by atoms with Gasteiger partial charge in [-0.25, -0.2) is 0 Å². The normalized spacial score (nSPS) is 10.9. The highest BCUT2D eigenvalue weighted by Gasteiger charge is 2.15. The molecular weight excluding hydrogens is 366 g/mol. The smallest absolute Gasteiger partial charge is 0.387 e. The number of hydrogen-bond donors (Lipinski definition) is 1. The molecule has 1 amide bonds. The van der Waals surface area contributed by atoms with Crippen molar-refractivity contribution < 1.29 is 22.8 Å². The fourth-order valence-electron chi connectivity index (χ4n) is 2.94. The van der Waals surface area contributed by atoms with Crippen molar-refractivity contribution in [3.63, 3.8) is 0 Å². The zero-order chi connectivity index (χ0) is 20.1. The van der Waals surface area contributed by atoms with E-state index in [4.69, 9.17) is 4.52 Å². The third-order valence-electron chi connectivity index (χ3n) is 4.32. The summed E-state index contributed by atoms with van der Waals surface area (Å²) in [7, 11) is 0. The molecule has 0 saturated heterocycles. The van der Waals surface area contributed by atoms with Crippen molar-refractivity contribution in [2.24, 2.45) is 0 Å². The van der Waals surface area contributed by atoms with Crippen molar-refractivity contribution in [2.75, 3.05) is 5.32 Å². The van der Waals surface area contributed by atoms with Crippen LogP contribution in [0.4, 0.5) is 14.5 Å². The Morgan fingerprint density at radius 1 is 1.18 bits per heavy atom. The molecule has 3 rings (SSSR count). The molecule has 2 aromatic carbocycles. The molecule has 0 aliphatic rings. The molecule has 1 heterocycles. The van der Waals surface area contributed by atoms with Crippen LogP contribution in [0.1, 0.15) is 28.1 Å². The predicted octanol–water partition coefficient (Wildman–Crippen LogP) is 4.66. The first-order chi connectivity index (χ1) is 13.4. The maximum absolute atomic E-state index is 12.7. The Balaban J connectivity index is 1.79. The van der Waals surface area contributed by atoms with Crippen LogP contribution in [0, 0.1) is 13.8 Å². The van der Waals surface area contributed by atoms with Gasteiger partial charge < -0.3 is 14.6 Å². The van der Waals surface area contributed by atoms with Gasteiger partial charge in [0.25, 0.3) is 0 Å². The van der Waals surface area contributed by atoms with Gasteiger partial charge in [0.1, 0.15) is 11.5 Å². The first kappa shape index (κ1) is 19.5. The van der Waals surface area contributed by atoms with Gasteiger partial charge in [-0.15, -0.1) is 0 Å². The average Bonchev–Trinajstić information content (AvgIpc) is 2.96. The van der Waals surface area contributed by atoms with Gasteiger partial charge in [-0.05, 0) is 37.6 Å². The number of halogens is 2. The lowest BCUT2D eigenvalue weighted by atomic mass is 10.0. The summed E-state index contributed by atoms with van der Waals surface area (Å²) < 4.78 is 35.2. The van der Waals surface area contributed by atoms with Gasteiger partial charge in [0.2, 0.25) is 5.91 Å². The maximum Gasteiger partial charge on any atom is 0.387 e. The van der Waals surface area contributed by atoms with Gasteiger partial charge in [-0.2, -0.15) is 8.78 Å².